The lowest BCUT2D eigenvalue weighted by Gasteiger charge is -2.48. The van der Waals surface area contributed by atoms with Crippen LogP contribution >= 0.6 is 0 Å². The highest BCUT2D eigenvalue weighted by Crippen LogP contribution is 2.31. The zero-order valence-electron chi connectivity index (χ0n) is 8.54. The van der Waals surface area contributed by atoms with Crippen LogP contribution in [0.4, 0.5) is 0 Å². The minimum absolute atomic E-state index is 0.0122. The summed E-state index contributed by atoms with van der Waals surface area (Å²) in [5, 5.41) is 28.5. The van der Waals surface area contributed by atoms with Crippen LogP contribution in [0, 0.1) is 0 Å². The Hall–Kier alpha value is -0.650. The first-order valence-corrected chi connectivity index (χ1v) is 5.43. The summed E-state index contributed by atoms with van der Waals surface area (Å²) in [6.45, 7) is -0.291. The van der Waals surface area contributed by atoms with E-state index in [9.17, 15) is 20.1 Å². The molecule has 0 saturated carbocycles. The maximum atomic E-state index is 11.7. The van der Waals surface area contributed by atoms with Crippen molar-refractivity contribution < 1.29 is 20.1 Å². The van der Waals surface area contributed by atoms with Gasteiger partial charge in [0.15, 0.2) is 0 Å². The van der Waals surface area contributed by atoms with Gasteiger partial charge in [0.2, 0.25) is 5.91 Å². The first-order chi connectivity index (χ1) is 7.15. The van der Waals surface area contributed by atoms with E-state index in [1.165, 1.54) is 0 Å². The van der Waals surface area contributed by atoms with Crippen molar-refractivity contribution in [3.05, 3.63) is 0 Å². The van der Waals surface area contributed by atoms with E-state index < -0.39 is 18.2 Å². The second kappa shape index (κ2) is 4.08. The van der Waals surface area contributed by atoms with Crippen LogP contribution in [0.5, 0.6) is 0 Å². The van der Waals surface area contributed by atoms with Crippen molar-refractivity contribution in [3.8, 4) is 0 Å². The molecule has 2 rings (SSSR count). The quantitative estimate of drug-likeness (QED) is 0.516. The van der Waals surface area contributed by atoms with E-state index in [2.05, 4.69) is 0 Å². The highest BCUT2D eigenvalue weighted by Gasteiger charge is 2.44. The Morgan fingerprint density at radius 2 is 2.13 bits per heavy atom. The molecule has 2 saturated heterocycles. The lowest BCUT2D eigenvalue weighted by molar-refractivity contribution is -0.161. The van der Waals surface area contributed by atoms with E-state index in [1.54, 1.807) is 4.90 Å². The van der Waals surface area contributed by atoms with Crippen molar-refractivity contribution in [2.75, 3.05) is 6.61 Å². The predicted molar refractivity (Wildman–Crippen MR) is 52.0 cm³/mol. The molecule has 15 heavy (non-hydrogen) atoms. The van der Waals surface area contributed by atoms with Gasteiger partial charge in [0.1, 0.15) is 6.10 Å². The van der Waals surface area contributed by atoms with Crippen LogP contribution in [0.15, 0.2) is 0 Å². The molecule has 2 heterocycles. The summed E-state index contributed by atoms with van der Waals surface area (Å²) >= 11 is 0. The molecule has 0 radical (unpaired) electrons. The molecule has 1 amide bonds. The summed E-state index contributed by atoms with van der Waals surface area (Å²) in [6.07, 6.45) is 0.745. The van der Waals surface area contributed by atoms with Gasteiger partial charge in [0.05, 0.1) is 18.8 Å². The van der Waals surface area contributed by atoms with Crippen molar-refractivity contribution in [1.82, 2.24) is 4.90 Å². The van der Waals surface area contributed by atoms with Crippen LogP contribution in [-0.2, 0) is 4.79 Å². The molecule has 2 fully saturated rings. The number of carbonyl (C=O) groups excluding carboxylic acids is 1. The van der Waals surface area contributed by atoms with Gasteiger partial charge in [-0.1, -0.05) is 0 Å². The van der Waals surface area contributed by atoms with Crippen molar-refractivity contribution in [3.63, 3.8) is 0 Å². The third kappa shape index (κ3) is 1.75. The molecular formula is C10H17NO4. The number of aliphatic hydroxyl groups is 3. The fourth-order valence-corrected chi connectivity index (χ4v) is 2.68. The largest absolute Gasteiger partial charge is 0.394 e. The zero-order valence-corrected chi connectivity index (χ0v) is 8.54. The standard InChI is InChI=1S/C10H17NO4/c12-5-7-10(15)8(13)4-6-2-1-3-9(14)11(6)7/h6-8,10,12-13,15H,1-5H2/t6-,7+,8-,10+/m1/s1. The summed E-state index contributed by atoms with van der Waals surface area (Å²) in [5.41, 5.74) is 0. The second-order valence-electron chi connectivity index (χ2n) is 4.39. The number of fused-ring (bicyclic) bond motifs is 1. The molecule has 0 aromatic heterocycles. The maximum absolute atomic E-state index is 11.7. The molecule has 2 aliphatic heterocycles. The molecular weight excluding hydrogens is 198 g/mol. The van der Waals surface area contributed by atoms with Gasteiger partial charge in [-0.15, -0.1) is 0 Å². The molecule has 0 bridgehead atoms. The molecule has 0 unspecified atom stereocenters. The highest BCUT2D eigenvalue weighted by atomic mass is 16.3. The average Bonchev–Trinajstić information content (AvgIpc) is 2.21. The molecule has 86 valence electrons. The predicted octanol–water partition coefficient (Wildman–Crippen LogP) is -1.15. The third-order valence-corrected chi connectivity index (χ3v) is 3.46. The molecule has 5 nitrogen and oxygen atoms in total. The van der Waals surface area contributed by atoms with Crippen molar-refractivity contribution in [2.45, 2.75) is 50.0 Å². The highest BCUT2D eigenvalue weighted by molar-refractivity contribution is 5.78. The molecule has 0 aromatic carbocycles. The van der Waals surface area contributed by atoms with Gasteiger partial charge >= 0.3 is 0 Å². The van der Waals surface area contributed by atoms with Gasteiger partial charge in [-0.05, 0) is 19.3 Å². The molecule has 2 aliphatic rings. The second-order valence-corrected chi connectivity index (χ2v) is 4.39. The zero-order chi connectivity index (χ0) is 11.0. The third-order valence-electron chi connectivity index (χ3n) is 3.46. The van der Waals surface area contributed by atoms with Gasteiger partial charge in [-0.3, -0.25) is 4.79 Å². The van der Waals surface area contributed by atoms with E-state index in [4.69, 9.17) is 0 Å². The fraction of sp³-hybridized carbons (Fsp3) is 0.900. The number of hydrogen-bond donors (Lipinski definition) is 3. The average molecular weight is 215 g/mol. The van der Waals surface area contributed by atoms with E-state index in [0.717, 1.165) is 12.8 Å². The number of hydrogen-bond acceptors (Lipinski definition) is 4. The number of carbonyl (C=O) groups is 1. The molecule has 5 heteroatoms. The molecule has 4 atom stereocenters. The summed E-state index contributed by atoms with van der Waals surface area (Å²) < 4.78 is 0. The first kappa shape index (κ1) is 10.9. The minimum atomic E-state index is -1.02. The van der Waals surface area contributed by atoms with Gasteiger partial charge in [-0.25, -0.2) is 0 Å². The molecule has 0 spiro atoms. The summed E-state index contributed by atoms with van der Waals surface area (Å²) in [5.74, 6) is -0.0174. The lowest BCUT2D eigenvalue weighted by atomic mass is 9.85. The normalized spacial score (nSPS) is 41.5. The van der Waals surface area contributed by atoms with E-state index in [-0.39, 0.29) is 18.6 Å². The number of piperidine rings is 2. The molecule has 0 aliphatic carbocycles. The Bertz CT molecular complexity index is 258. The molecule has 0 aromatic rings. The van der Waals surface area contributed by atoms with Crippen LogP contribution in [-0.4, -0.2) is 57.0 Å². The topological polar surface area (TPSA) is 81.0 Å². The smallest absolute Gasteiger partial charge is 0.223 e. The van der Waals surface area contributed by atoms with Gasteiger partial charge < -0.3 is 20.2 Å². The van der Waals surface area contributed by atoms with E-state index in [1.807, 2.05) is 0 Å². The Labute approximate surface area is 88.3 Å². The van der Waals surface area contributed by atoms with Crippen LogP contribution in [0.2, 0.25) is 0 Å². The first-order valence-electron chi connectivity index (χ1n) is 5.43. The summed E-state index contributed by atoms with van der Waals surface area (Å²) in [6, 6.07) is -0.645. The van der Waals surface area contributed by atoms with Crippen molar-refractivity contribution >= 4 is 5.91 Å². The van der Waals surface area contributed by atoms with Crippen LogP contribution in [0.3, 0.4) is 0 Å². The van der Waals surface area contributed by atoms with Crippen LogP contribution in [0.1, 0.15) is 25.7 Å². The maximum Gasteiger partial charge on any atom is 0.223 e. The van der Waals surface area contributed by atoms with Gasteiger partial charge in [-0.2, -0.15) is 0 Å². The van der Waals surface area contributed by atoms with E-state index in [0.29, 0.717) is 12.8 Å². The monoisotopic (exact) mass is 215 g/mol. The summed E-state index contributed by atoms with van der Waals surface area (Å²) in [4.78, 5) is 13.2. The number of amides is 1. The SMILES string of the molecule is O=C1CCC[C@@H]2C[C@@H](O)[C@@H](O)[C@H](CO)N12. The van der Waals surface area contributed by atoms with Gasteiger partial charge in [0.25, 0.3) is 0 Å². The Balaban J connectivity index is 2.21. The number of aliphatic hydroxyl groups excluding tert-OH is 3. The lowest BCUT2D eigenvalue weighted by Crippen LogP contribution is -2.63. The minimum Gasteiger partial charge on any atom is -0.394 e. The Morgan fingerprint density at radius 3 is 2.80 bits per heavy atom. The van der Waals surface area contributed by atoms with Crippen LogP contribution in [0.25, 0.3) is 0 Å². The Kier molecular flexibility index (Phi) is 2.95. The van der Waals surface area contributed by atoms with Crippen LogP contribution < -0.4 is 0 Å². The van der Waals surface area contributed by atoms with Crippen molar-refractivity contribution in [1.29, 1.82) is 0 Å². The Morgan fingerprint density at radius 1 is 1.40 bits per heavy atom. The van der Waals surface area contributed by atoms with Gasteiger partial charge in [0, 0.05) is 12.5 Å². The number of nitrogens with zero attached hydrogens (tertiary/aromatic N) is 1. The number of rotatable bonds is 1. The van der Waals surface area contributed by atoms with E-state index >= 15 is 0 Å². The molecule has 3 N–H and O–H groups in total. The van der Waals surface area contributed by atoms with Crippen molar-refractivity contribution in [2.24, 2.45) is 0 Å². The fourth-order valence-electron chi connectivity index (χ4n) is 2.68. The summed E-state index contributed by atoms with van der Waals surface area (Å²) in [7, 11) is 0.